The summed E-state index contributed by atoms with van der Waals surface area (Å²) in [6.45, 7) is 3.99. The molecule has 6 nitrogen and oxygen atoms in total. The Bertz CT molecular complexity index is 1100. The molecule has 2 aromatic carbocycles. The summed E-state index contributed by atoms with van der Waals surface area (Å²) in [5, 5.41) is 6.36. The third kappa shape index (κ3) is 6.18. The number of carbonyl (C=O) groups is 2. The van der Waals surface area contributed by atoms with Gasteiger partial charge < -0.3 is 15.4 Å². The molecule has 1 aliphatic rings. The lowest BCUT2D eigenvalue weighted by Crippen LogP contribution is -2.16. The van der Waals surface area contributed by atoms with Gasteiger partial charge in [-0.25, -0.2) is 9.38 Å². The average Bonchev–Trinajstić information content (AvgIpc) is 2.87. The van der Waals surface area contributed by atoms with Crippen molar-refractivity contribution in [3.8, 4) is 0 Å². The Morgan fingerprint density at radius 1 is 1.23 bits per heavy atom. The number of esters is 1. The van der Waals surface area contributed by atoms with Crippen molar-refractivity contribution < 1.29 is 18.7 Å². The van der Waals surface area contributed by atoms with E-state index in [0.29, 0.717) is 20.9 Å². The highest BCUT2D eigenvalue weighted by atomic mass is 79.9. The molecule has 1 amide bonds. The number of thioether (sulfide) groups is 1. The number of fused-ring (bicyclic) bond motifs is 1. The van der Waals surface area contributed by atoms with Crippen molar-refractivity contribution in [1.82, 2.24) is 0 Å². The van der Waals surface area contributed by atoms with E-state index in [4.69, 9.17) is 4.74 Å². The number of aryl methyl sites for hydroxylation is 2. The first kappa shape index (κ1) is 23.0. The van der Waals surface area contributed by atoms with Crippen LogP contribution in [0.3, 0.4) is 0 Å². The lowest BCUT2D eigenvalue weighted by molar-refractivity contribution is -0.139. The lowest BCUT2D eigenvalue weighted by atomic mass is 10.1. The molecular formula is C22H21BrFN3O3S. The summed E-state index contributed by atoms with van der Waals surface area (Å²) in [6.07, 6.45) is 1.76. The number of benzene rings is 2. The predicted molar refractivity (Wildman–Crippen MR) is 127 cm³/mol. The second kappa shape index (κ2) is 10.1. The topological polar surface area (TPSA) is 79.8 Å². The largest absolute Gasteiger partial charge is 0.469 e. The molecule has 1 aliphatic heterocycles. The molecule has 0 saturated carbocycles. The van der Waals surface area contributed by atoms with Crippen LogP contribution in [0.15, 0.2) is 51.6 Å². The van der Waals surface area contributed by atoms with E-state index in [1.807, 2.05) is 26.0 Å². The monoisotopic (exact) mass is 505 g/mol. The van der Waals surface area contributed by atoms with Crippen LogP contribution in [0.25, 0.3) is 0 Å². The molecule has 31 heavy (non-hydrogen) atoms. The summed E-state index contributed by atoms with van der Waals surface area (Å²) >= 11 is 4.38. The van der Waals surface area contributed by atoms with E-state index in [1.165, 1.54) is 31.0 Å². The molecule has 3 rings (SSSR count). The van der Waals surface area contributed by atoms with Crippen LogP contribution < -0.4 is 10.6 Å². The first-order valence-electron chi connectivity index (χ1n) is 9.37. The molecule has 0 unspecified atom stereocenters. The second-order valence-corrected chi connectivity index (χ2v) is 8.82. The Labute approximate surface area is 192 Å². The van der Waals surface area contributed by atoms with Gasteiger partial charge in [0, 0.05) is 10.2 Å². The van der Waals surface area contributed by atoms with E-state index in [2.05, 4.69) is 31.6 Å². The minimum absolute atomic E-state index is 0.0243. The van der Waals surface area contributed by atoms with Crippen molar-refractivity contribution in [1.29, 1.82) is 0 Å². The Kier molecular flexibility index (Phi) is 7.50. The van der Waals surface area contributed by atoms with Crippen LogP contribution in [0.4, 0.5) is 21.5 Å². The fourth-order valence-electron chi connectivity index (χ4n) is 2.82. The van der Waals surface area contributed by atoms with Gasteiger partial charge in [-0.1, -0.05) is 27.7 Å². The summed E-state index contributed by atoms with van der Waals surface area (Å²) in [7, 11) is 1.33. The number of rotatable bonds is 5. The summed E-state index contributed by atoms with van der Waals surface area (Å²) in [4.78, 5) is 28.8. The van der Waals surface area contributed by atoms with E-state index in [-0.39, 0.29) is 29.7 Å². The number of anilines is 2. The maximum Gasteiger partial charge on any atom is 0.311 e. The van der Waals surface area contributed by atoms with E-state index >= 15 is 0 Å². The predicted octanol–water partition coefficient (Wildman–Crippen LogP) is 5.48. The van der Waals surface area contributed by atoms with Crippen LogP contribution in [-0.2, 0) is 14.3 Å². The van der Waals surface area contributed by atoms with Gasteiger partial charge in [-0.05, 0) is 61.4 Å². The molecule has 9 heteroatoms. The SMILES string of the molecule is COC(=O)CC1=CC(SCC(=O)Nc2ccc(Br)cc2F)=Nc2cc(C)c(C)cc2N1. The Morgan fingerprint density at radius 2 is 1.97 bits per heavy atom. The maximum atomic E-state index is 14.0. The van der Waals surface area contributed by atoms with Gasteiger partial charge in [-0.3, -0.25) is 9.59 Å². The summed E-state index contributed by atoms with van der Waals surface area (Å²) < 4.78 is 19.3. The average molecular weight is 506 g/mol. The highest BCUT2D eigenvalue weighted by molar-refractivity contribution is 9.10. The van der Waals surface area contributed by atoms with Crippen LogP contribution in [0.5, 0.6) is 0 Å². The minimum Gasteiger partial charge on any atom is -0.469 e. The summed E-state index contributed by atoms with van der Waals surface area (Å²) in [5.41, 5.74) is 4.37. The van der Waals surface area contributed by atoms with Crippen molar-refractivity contribution in [3.63, 3.8) is 0 Å². The molecule has 2 N–H and O–H groups in total. The molecule has 0 atom stereocenters. The van der Waals surface area contributed by atoms with Crippen LogP contribution in [-0.4, -0.2) is 29.8 Å². The molecule has 2 aromatic rings. The quantitative estimate of drug-likeness (QED) is 0.526. The molecule has 0 fully saturated rings. The third-order valence-electron chi connectivity index (χ3n) is 4.55. The van der Waals surface area contributed by atoms with Gasteiger partial charge in [0.05, 0.1) is 41.4 Å². The zero-order chi connectivity index (χ0) is 22.5. The Morgan fingerprint density at radius 3 is 2.68 bits per heavy atom. The molecule has 0 radical (unpaired) electrons. The fraction of sp³-hybridized carbons (Fsp3) is 0.227. The molecule has 0 saturated heterocycles. The van der Waals surface area contributed by atoms with Gasteiger partial charge in [0.25, 0.3) is 0 Å². The minimum atomic E-state index is -0.524. The van der Waals surface area contributed by atoms with E-state index in [0.717, 1.165) is 16.8 Å². The normalized spacial score (nSPS) is 12.7. The van der Waals surface area contributed by atoms with Gasteiger partial charge in [0.15, 0.2) is 0 Å². The lowest BCUT2D eigenvalue weighted by Gasteiger charge is -2.12. The molecule has 0 aromatic heterocycles. The van der Waals surface area contributed by atoms with Crippen molar-refractivity contribution in [2.24, 2.45) is 4.99 Å². The number of methoxy groups -OCH3 is 1. The maximum absolute atomic E-state index is 14.0. The van der Waals surface area contributed by atoms with Crippen LogP contribution in [0.1, 0.15) is 17.5 Å². The highest BCUT2D eigenvalue weighted by Gasteiger charge is 2.17. The number of nitrogens with one attached hydrogen (secondary N) is 2. The second-order valence-electron chi connectivity index (χ2n) is 6.91. The number of hydrogen-bond acceptors (Lipinski definition) is 6. The Hall–Kier alpha value is -2.65. The molecule has 1 heterocycles. The van der Waals surface area contributed by atoms with E-state index < -0.39 is 5.82 Å². The smallest absolute Gasteiger partial charge is 0.311 e. The van der Waals surface area contributed by atoms with Crippen molar-refractivity contribution >= 4 is 61.7 Å². The van der Waals surface area contributed by atoms with E-state index in [9.17, 15) is 14.0 Å². The van der Waals surface area contributed by atoms with Gasteiger partial charge in [-0.15, -0.1) is 0 Å². The number of hydrogen-bond donors (Lipinski definition) is 2. The summed E-state index contributed by atoms with van der Waals surface area (Å²) in [6, 6.07) is 8.34. The van der Waals surface area contributed by atoms with Crippen molar-refractivity contribution in [2.45, 2.75) is 20.3 Å². The summed E-state index contributed by atoms with van der Waals surface area (Å²) in [5.74, 6) is -1.26. The molecule has 0 bridgehead atoms. The number of halogens is 2. The Balaban J connectivity index is 1.79. The fourth-order valence-corrected chi connectivity index (χ4v) is 3.89. The third-order valence-corrected chi connectivity index (χ3v) is 5.96. The van der Waals surface area contributed by atoms with Gasteiger partial charge >= 0.3 is 5.97 Å². The first-order chi connectivity index (χ1) is 14.7. The first-order valence-corrected chi connectivity index (χ1v) is 11.1. The van der Waals surface area contributed by atoms with Crippen molar-refractivity contribution in [3.05, 3.63) is 63.5 Å². The number of ether oxygens (including phenoxy) is 1. The molecule has 0 spiro atoms. The van der Waals surface area contributed by atoms with Crippen molar-refractivity contribution in [2.75, 3.05) is 23.5 Å². The molecule has 0 aliphatic carbocycles. The van der Waals surface area contributed by atoms with Gasteiger partial charge in [0.1, 0.15) is 5.82 Å². The number of amides is 1. The highest BCUT2D eigenvalue weighted by Crippen LogP contribution is 2.34. The zero-order valence-corrected chi connectivity index (χ0v) is 19.6. The van der Waals surface area contributed by atoms with Crippen LogP contribution >= 0.6 is 27.7 Å². The molecule has 162 valence electrons. The number of aliphatic imine (C=N–C) groups is 1. The van der Waals surface area contributed by atoms with Gasteiger partial charge in [-0.2, -0.15) is 0 Å². The zero-order valence-electron chi connectivity index (χ0n) is 17.2. The van der Waals surface area contributed by atoms with Gasteiger partial charge in [0.2, 0.25) is 5.91 Å². The van der Waals surface area contributed by atoms with Crippen LogP contribution in [0, 0.1) is 19.7 Å². The standard InChI is InChI=1S/C22H21BrFN3O3S/c1-12-6-18-19(7-13(12)2)27-21(9-15(25-18)10-22(29)30-3)31-11-20(28)26-17-5-4-14(23)8-16(17)24/h4-9,25H,10-11H2,1-3H3,(H,26,28). The van der Waals surface area contributed by atoms with Crippen LogP contribution in [0.2, 0.25) is 0 Å². The molecular weight excluding hydrogens is 485 g/mol. The number of carbonyl (C=O) groups excluding carboxylic acids is 2. The number of nitrogens with zero attached hydrogens (tertiary/aromatic N) is 1. The van der Waals surface area contributed by atoms with E-state index in [1.54, 1.807) is 12.1 Å².